The van der Waals surface area contributed by atoms with E-state index in [0.29, 0.717) is 25.4 Å². The third-order valence-corrected chi connectivity index (χ3v) is 8.81. The van der Waals surface area contributed by atoms with Gasteiger partial charge in [-0.3, -0.25) is 0 Å². The summed E-state index contributed by atoms with van der Waals surface area (Å²) in [5.41, 5.74) is 11.4. The van der Waals surface area contributed by atoms with E-state index in [1.165, 1.54) is 27.8 Å². The topological polar surface area (TPSA) is 48.0 Å². The molecule has 0 radical (unpaired) electrons. The number of rotatable bonds is 15. The minimum atomic E-state index is -0.383. The van der Waals surface area contributed by atoms with Crippen molar-refractivity contribution in [2.75, 3.05) is 40.5 Å². The maximum absolute atomic E-state index is 12.2. The largest absolute Gasteiger partial charge is 0.492 e. The standard InChI is InChI=1S/C46H45NO4/c1-4-49-46(48)33-51-45-26-24-41(32-43(45)30-35-17-21-39(22-18-35)37-13-9-6-10-14-37)40-23-25-44(50-28-27-47(2)3)42(31-40)29-34-15-19-38(20-16-34)36-11-7-5-8-12-36/h5-26,31-32H,4,27-30,33H2,1-3H3. The number of likely N-dealkylation sites (N-methyl/N-ethyl adjacent to an activating group) is 1. The van der Waals surface area contributed by atoms with Gasteiger partial charge in [0, 0.05) is 19.4 Å². The van der Waals surface area contributed by atoms with Crippen LogP contribution in [-0.4, -0.2) is 51.3 Å². The normalized spacial score (nSPS) is 11.0. The molecule has 6 rings (SSSR count). The number of hydrogen-bond donors (Lipinski definition) is 0. The molecule has 0 fully saturated rings. The minimum absolute atomic E-state index is 0.140. The molecule has 0 spiro atoms. The molecular weight excluding hydrogens is 631 g/mol. The summed E-state index contributed by atoms with van der Waals surface area (Å²) in [6.45, 7) is 3.40. The van der Waals surface area contributed by atoms with Gasteiger partial charge in [0.1, 0.15) is 18.1 Å². The summed E-state index contributed by atoms with van der Waals surface area (Å²) in [7, 11) is 4.11. The molecule has 0 aromatic heterocycles. The van der Waals surface area contributed by atoms with Crippen LogP contribution in [0.3, 0.4) is 0 Å². The van der Waals surface area contributed by atoms with E-state index < -0.39 is 0 Å². The number of esters is 1. The number of carbonyl (C=O) groups is 1. The van der Waals surface area contributed by atoms with Crippen molar-refractivity contribution in [3.8, 4) is 44.9 Å². The molecule has 0 N–H and O–H groups in total. The van der Waals surface area contributed by atoms with Gasteiger partial charge in [0.2, 0.25) is 0 Å². The highest BCUT2D eigenvalue weighted by Crippen LogP contribution is 2.33. The number of ether oxygens (including phenoxy) is 3. The predicted molar refractivity (Wildman–Crippen MR) is 207 cm³/mol. The Morgan fingerprint density at radius 3 is 1.41 bits per heavy atom. The van der Waals surface area contributed by atoms with Gasteiger partial charge in [-0.15, -0.1) is 0 Å². The first kappa shape index (κ1) is 35.2. The highest BCUT2D eigenvalue weighted by atomic mass is 16.6. The van der Waals surface area contributed by atoms with Gasteiger partial charge in [0.05, 0.1) is 6.61 Å². The molecule has 5 nitrogen and oxygen atoms in total. The van der Waals surface area contributed by atoms with Gasteiger partial charge in [0.15, 0.2) is 6.61 Å². The van der Waals surface area contributed by atoms with E-state index in [9.17, 15) is 4.79 Å². The molecule has 0 heterocycles. The third-order valence-electron chi connectivity index (χ3n) is 8.81. The number of nitrogens with zero attached hydrogens (tertiary/aromatic N) is 1. The maximum atomic E-state index is 12.2. The summed E-state index contributed by atoms with van der Waals surface area (Å²) < 4.78 is 17.5. The van der Waals surface area contributed by atoms with Crippen LogP contribution in [0.25, 0.3) is 33.4 Å². The van der Waals surface area contributed by atoms with Crippen LogP contribution in [0.4, 0.5) is 0 Å². The molecule has 0 bridgehead atoms. The average molecular weight is 676 g/mol. The Labute approximate surface area is 302 Å². The first-order valence-electron chi connectivity index (χ1n) is 17.6. The third kappa shape index (κ3) is 9.74. The SMILES string of the molecule is CCOC(=O)COc1ccc(-c2ccc(OCCN(C)C)c(Cc3ccc(-c4ccccc4)cc3)c2)cc1Cc1ccc(-c2ccccc2)cc1. The number of hydrogen-bond acceptors (Lipinski definition) is 5. The molecule has 5 heteroatoms. The summed E-state index contributed by atoms with van der Waals surface area (Å²) in [4.78, 5) is 14.3. The van der Waals surface area contributed by atoms with Crippen LogP contribution in [-0.2, 0) is 22.4 Å². The van der Waals surface area contributed by atoms with Crippen molar-refractivity contribution in [3.05, 3.63) is 168 Å². The zero-order valence-corrected chi connectivity index (χ0v) is 29.7. The molecule has 0 saturated heterocycles. The Morgan fingerprint density at radius 2 is 0.961 bits per heavy atom. The van der Waals surface area contributed by atoms with E-state index in [0.717, 1.165) is 46.5 Å². The molecule has 0 aliphatic heterocycles. The summed E-state index contributed by atoms with van der Waals surface area (Å²) in [6, 6.07) is 50.9. The highest BCUT2D eigenvalue weighted by molar-refractivity contribution is 5.72. The van der Waals surface area contributed by atoms with E-state index in [4.69, 9.17) is 14.2 Å². The fourth-order valence-corrected chi connectivity index (χ4v) is 6.08. The Kier molecular flexibility index (Phi) is 12.0. The van der Waals surface area contributed by atoms with Gasteiger partial charge in [-0.05, 0) is 101 Å². The van der Waals surface area contributed by atoms with Crippen LogP contribution in [0.5, 0.6) is 11.5 Å². The quantitative estimate of drug-likeness (QED) is 0.102. The second-order valence-corrected chi connectivity index (χ2v) is 12.9. The second kappa shape index (κ2) is 17.3. The van der Waals surface area contributed by atoms with Crippen LogP contribution in [0.15, 0.2) is 146 Å². The van der Waals surface area contributed by atoms with Gasteiger partial charge in [-0.2, -0.15) is 0 Å². The van der Waals surface area contributed by atoms with E-state index in [-0.39, 0.29) is 12.6 Å². The zero-order chi connectivity index (χ0) is 35.4. The van der Waals surface area contributed by atoms with Crippen LogP contribution in [0, 0.1) is 0 Å². The smallest absolute Gasteiger partial charge is 0.344 e. The van der Waals surface area contributed by atoms with Crippen molar-refractivity contribution in [2.45, 2.75) is 19.8 Å². The Bertz CT molecular complexity index is 2000. The van der Waals surface area contributed by atoms with E-state index in [1.54, 1.807) is 6.92 Å². The molecule has 0 saturated carbocycles. The van der Waals surface area contributed by atoms with E-state index >= 15 is 0 Å². The van der Waals surface area contributed by atoms with Gasteiger partial charge in [-0.1, -0.05) is 121 Å². The molecule has 6 aromatic rings. The molecule has 0 aliphatic carbocycles. The van der Waals surface area contributed by atoms with Crippen molar-refractivity contribution < 1.29 is 19.0 Å². The fraction of sp³-hybridized carbons (Fsp3) is 0.196. The summed E-state index contributed by atoms with van der Waals surface area (Å²) in [6.07, 6.45) is 1.38. The van der Waals surface area contributed by atoms with Crippen LogP contribution in [0.1, 0.15) is 29.2 Å². The molecule has 0 aliphatic rings. The van der Waals surface area contributed by atoms with Crippen LogP contribution in [0.2, 0.25) is 0 Å². The summed E-state index contributed by atoms with van der Waals surface area (Å²) in [5.74, 6) is 1.17. The van der Waals surface area contributed by atoms with Crippen molar-refractivity contribution in [3.63, 3.8) is 0 Å². The predicted octanol–water partition coefficient (Wildman–Crippen LogP) is 9.75. The molecule has 0 unspecified atom stereocenters. The second-order valence-electron chi connectivity index (χ2n) is 12.9. The van der Waals surface area contributed by atoms with Crippen molar-refractivity contribution in [1.82, 2.24) is 4.90 Å². The summed E-state index contributed by atoms with van der Waals surface area (Å²) in [5, 5.41) is 0. The summed E-state index contributed by atoms with van der Waals surface area (Å²) >= 11 is 0. The lowest BCUT2D eigenvalue weighted by Gasteiger charge is -2.17. The zero-order valence-electron chi connectivity index (χ0n) is 29.7. The first-order valence-corrected chi connectivity index (χ1v) is 17.6. The van der Waals surface area contributed by atoms with Gasteiger partial charge in [0.25, 0.3) is 0 Å². The molecule has 0 amide bonds. The highest BCUT2D eigenvalue weighted by Gasteiger charge is 2.14. The minimum Gasteiger partial charge on any atom is -0.492 e. The van der Waals surface area contributed by atoms with Crippen molar-refractivity contribution in [2.24, 2.45) is 0 Å². The molecular formula is C46H45NO4. The molecule has 6 aromatic carbocycles. The Balaban J connectivity index is 1.30. The number of carbonyl (C=O) groups excluding carboxylic acids is 1. The average Bonchev–Trinajstić information content (AvgIpc) is 3.16. The monoisotopic (exact) mass is 675 g/mol. The van der Waals surface area contributed by atoms with Crippen molar-refractivity contribution >= 4 is 5.97 Å². The first-order chi connectivity index (χ1) is 24.9. The molecule has 0 atom stereocenters. The Hall–Kier alpha value is -5.65. The Morgan fingerprint density at radius 1 is 0.529 bits per heavy atom. The lowest BCUT2D eigenvalue weighted by molar-refractivity contribution is -0.145. The molecule has 51 heavy (non-hydrogen) atoms. The fourth-order valence-electron chi connectivity index (χ4n) is 6.08. The van der Waals surface area contributed by atoms with E-state index in [1.807, 2.05) is 18.2 Å². The number of benzene rings is 6. The van der Waals surface area contributed by atoms with Crippen molar-refractivity contribution in [1.29, 1.82) is 0 Å². The van der Waals surface area contributed by atoms with E-state index in [2.05, 4.69) is 146 Å². The van der Waals surface area contributed by atoms with Gasteiger partial charge in [-0.25, -0.2) is 4.79 Å². The lowest BCUT2D eigenvalue weighted by atomic mass is 9.94. The van der Waals surface area contributed by atoms with Gasteiger partial charge < -0.3 is 19.1 Å². The molecule has 258 valence electrons. The maximum Gasteiger partial charge on any atom is 0.344 e. The van der Waals surface area contributed by atoms with Crippen LogP contribution < -0.4 is 9.47 Å². The van der Waals surface area contributed by atoms with Crippen LogP contribution >= 0.6 is 0 Å². The lowest BCUT2D eigenvalue weighted by Crippen LogP contribution is -2.19. The van der Waals surface area contributed by atoms with Gasteiger partial charge >= 0.3 is 5.97 Å².